The molecule has 0 radical (unpaired) electrons. The molecule has 1 heterocycles. The van der Waals surface area contributed by atoms with Gasteiger partial charge in [0.2, 0.25) is 23.6 Å². The molecule has 3 atom stereocenters. The molecule has 0 aromatic heterocycles. The molecular formula is C21H29N5O7. The number of likely N-dealkylation sites (tertiary alicyclic amines) is 1. The van der Waals surface area contributed by atoms with Gasteiger partial charge in [-0.15, -0.1) is 0 Å². The Morgan fingerprint density at radius 2 is 1.73 bits per heavy atom. The molecule has 1 saturated heterocycles. The first-order valence-electron chi connectivity index (χ1n) is 10.5. The first kappa shape index (κ1) is 25.7. The third-order valence-corrected chi connectivity index (χ3v) is 5.18. The summed E-state index contributed by atoms with van der Waals surface area (Å²) in [5.41, 5.74) is 6.20. The van der Waals surface area contributed by atoms with Crippen molar-refractivity contribution in [3.05, 3.63) is 35.9 Å². The molecule has 7 N–H and O–H groups in total. The van der Waals surface area contributed by atoms with Crippen LogP contribution in [0.15, 0.2) is 30.3 Å². The predicted octanol–water partition coefficient (Wildman–Crippen LogP) is -2.66. The number of aliphatic hydroxyl groups excluding tert-OH is 1. The fourth-order valence-electron chi connectivity index (χ4n) is 3.52. The second kappa shape index (κ2) is 12.5. The molecule has 1 fully saturated rings. The summed E-state index contributed by atoms with van der Waals surface area (Å²) in [6.07, 6.45) is 1.15. The highest BCUT2D eigenvalue weighted by molar-refractivity contribution is 5.94. The third kappa shape index (κ3) is 7.54. The Kier molecular flexibility index (Phi) is 9.76. The molecule has 12 heteroatoms. The zero-order valence-electron chi connectivity index (χ0n) is 18.0. The van der Waals surface area contributed by atoms with Crippen LogP contribution in [0.1, 0.15) is 18.4 Å². The number of benzene rings is 1. The average molecular weight is 463 g/mol. The number of nitrogens with two attached hydrogens (primary N) is 1. The predicted molar refractivity (Wildman–Crippen MR) is 116 cm³/mol. The van der Waals surface area contributed by atoms with Gasteiger partial charge in [-0.1, -0.05) is 30.3 Å². The number of hydrogen-bond donors (Lipinski definition) is 6. The molecule has 180 valence electrons. The van der Waals surface area contributed by atoms with Crippen molar-refractivity contribution in [1.29, 1.82) is 0 Å². The van der Waals surface area contributed by atoms with Crippen molar-refractivity contribution in [3.63, 3.8) is 0 Å². The molecule has 1 aromatic carbocycles. The number of carboxylic acids is 1. The van der Waals surface area contributed by atoms with Crippen molar-refractivity contribution in [1.82, 2.24) is 20.9 Å². The van der Waals surface area contributed by atoms with Gasteiger partial charge in [-0.2, -0.15) is 0 Å². The minimum atomic E-state index is -1.48. The summed E-state index contributed by atoms with van der Waals surface area (Å²) >= 11 is 0. The monoisotopic (exact) mass is 463 g/mol. The van der Waals surface area contributed by atoms with Gasteiger partial charge >= 0.3 is 5.97 Å². The molecule has 0 unspecified atom stereocenters. The molecule has 1 aromatic rings. The Balaban J connectivity index is 2.03. The Morgan fingerprint density at radius 3 is 2.33 bits per heavy atom. The van der Waals surface area contributed by atoms with Crippen LogP contribution in [-0.2, 0) is 30.4 Å². The summed E-state index contributed by atoms with van der Waals surface area (Å²) < 4.78 is 0. The lowest BCUT2D eigenvalue weighted by Crippen LogP contribution is -2.55. The molecular weight excluding hydrogens is 434 g/mol. The number of carbonyl (C=O) groups is 5. The summed E-state index contributed by atoms with van der Waals surface area (Å²) in [7, 11) is 0. The van der Waals surface area contributed by atoms with E-state index in [1.54, 1.807) is 0 Å². The number of amides is 4. The SMILES string of the molecule is NCC(=O)N[C@@H](Cc1ccccc1)C(=O)N1CCC[C@H]1C(=O)NCC(=O)N[C@@H](CO)C(=O)O. The van der Waals surface area contributed by atoms with E-state index in [4.69, 9.17) is 15.9 Å². The first-order chi connectivity index (χ1) is 15.8. The van der Waals surface area contributed by atoms with Gasteiger partial charge in [0.05, 0.1) is 19.7 Å². The van der Waals surface area contributed by atoms with Crippen molar-refractivity contribution in [2.24, 2.45) is 5.73 Å². The Morgan fingerprint density at radius 1 is 1.06 bits per heavy atom. The third-order valence-electron chi connectivity index (χ3n) is 5.18. The van der Waals surface area contributed by atoms with Gasteiger partial charge in [-0.05, 0) is 18.4 Å². The molecule has 1 aliphatic rings. The van der Waals surface area contributed by atoms with Crippen LogP contribution in [0.4, 0.5) is 0 Å². The van der Waals surface area contributed by atoms with E-state index in [0.29, 0.717) is 19.4 Å². The van der Waals surface area contributed by atoms with Crippen LogP contribution in [0, 0.1) is 0 Å². The number of hydrogen-bond acceptors (Lipinski definition) is 7. The van der Waals surface area contributed by atoms with E-state index in [0.717, 1.165) is 5.56 Å². The van der Waals surface area contributed by atoms with Gasteiger partial charge in [0.1, 0.15) is 18.1 Å². The number of nitrogens with zero attached hydrogens (tertiary/aromatic N) is 1. The summed E-state index contributed by atoms with van der Waals surface area (Å²) in [6.45, 7) is -1.29. The summed E-state index contributed by atoms with van der Waals surface area (Å²) in [5.74, 6) is -3.71. The lowest BCUT2D eigenvalue weighted by atomic mass is 10.0. The fraction of sp³-hybridized carbons (Fsp3) is 0.476. The van der Waals surface area contributed by atoms with Crippen LogP contribution in [0.5, 0.6) is 0 Å². The van der Waals surface area contributed by atoms with E-state index in [1.807, 2.05) is 30.3 Å². The molecule has 4 amide bonds. The summed E-state index contributed by atoms with van der Waals surface area (Å²) in [5, 5.41) is 24.9. The van der Waals surface area contributed by atoms with Crippen molar-refractivity contribution in [2.45, 2.75) is 37.4 Å². The van der Waals surface area contributed by atoms with Crippen LogP contribution in [0.2, 0.25) is 0 Å². The number of aliphatic hydroxyl groups is 1. The number of carbonyl (C=O) groups excluding carboxylic acids is 4. The van der Waals surface area contributed by atoms with Crippen LogP contribution in [0.25, 0.3) is 0 Å². The lowest BCUT2D eigenvalue weighted by Gasteiger charge is -2.28. The number of rotatable bonds is 11. The van der Waals surface area contributed by atoms with Crippen LogP contribution in [-0.4, -0.2) is 89.1 Å². The first-order valence-corrected chi connectivity index (χ1v) is 10.5. The average Bonchev–Trinajstić information content (AvgIpc) is 3.30. The minimum Gasteiger partial charge on any atom is -0.480 e. The maximum atomic E-state index is 13.2. The highest BCUT2D eigenvalue weighted by Crippen LogP contribution is 2.19. The van der Waals surface area contributed by atoms with Crippen molar-refractivity contribution >= 4 is 29.6 Å². The Bertz CT molecular complexity index is 864. The molecule has 33 heavy (non-hydrogen) atoms. The number of nitrogens with one attached hydrogen (secondary N) is 3. The van der Waals surface area contributed by atoms with E-state index in [1.165, 1.54) is 4.90 Å². The van der Waals surface area contributed by atoms with E-state index in [-0.39, 0.29) is 13.0 Å². The second-order valence-electron chi connectivity index (χ2n) is 7.56. The maximum absolute atomic E-state index is 13.2. The molecule has 0 bridgehead atoms. The molecule has 1 aliphatic heterocycles. The van der Waals surface area contributed by atoms with Gasteiger partial charge in [0, 0.05) is 13.0 Å². The van der Waals surface area contributed by atoms with Crippen LogP contribution in [0.3, 0.4) is 0 Å². The van der Waals surface area contributed by atoms with E-state index in [9.17, 15) is 24.0 Å². The van der Waals surface area contributed by atoms with Gasteiger partial charge in [-0.3, -0.25) is 19.2 Å². The minimum absolute atomic E-state index is 0.219. The smallest absolute Gasteiger partial charge is 0.328 e. The zero-order valence-corrected chi connectivity index (χ0v) is 18.0. The highest BCUT2D eigenvalue weighted by Gasteiger charge is 2.37. The van der Waals surface area contributed by atoms with E-state index in [2.05, 4.69) is 16.0 Å². The van der Waals surface area contributed by atoms with E-state index >= 15 is 0 Å². The van der Waals surface area contributed by atoms with E-state index < -0.39 is 60.9 Å². The lowest BCUT2D eigenvalue weighted by molar-refractivity contribution is -0.143. The quantitative estimate of drug-likeness (QED) is 0.205. The fourth-order valence-corrected chi connectivity index (χ4v) is 3.52. The summed E-state index contributed by atoms with van der Waals surface area (Å²) in [4.78, 5) is 61.9. The topological polar surface area (TPSA) is 191 Å². The largest absolute Gasteiger partial charge is 0.480 e. The molecule has 0 spiro atoms. The van der Waals surface area contributed by atoms with Crippen molar-refractivity contribution in [3.8, 4) is 0 Å². The molecule has 0 aliphatic carbocycles. The van der Waals surface area contributed by atoms with Crippen LogP contribution >= 0.6 is 0 Å². The highest BCUT2D eigenvalue weighted by atomic mass is 16.4. The van der Waals surface area contributed by atoms with Crippen molar-refractivity contribution < 1.29 is 34.2 Å². The van der Waals surface area contributed by atoms with Gasteiger partial charge in [0.15, 0.2) is 0 Å². The maximum Gasteiger partial charge on any atom is 0.328 e. The standard InChI is InChI=1S/C21H29N5O7/c22-10-17(28)24-14(9-13-5-2-1-3-6-13)20(31)26-8-4-7-16(26)19(30)23-11-18(29)25-15(12-27)21(32)33/h1-3,5-6,14-16,27H,4,7-12,22H2,(H,23,30)(H,24,28)(H,25,29)(H,32,33)/t14-,15-,16-/m0/s1. The van der Waals surface area contributed by atoms with Gasteiger partial charge < -0.3 is 36.8 Å². The zero-order chi connectivity index (χ0) is 24.4. The number of aliphatic carboxylic acids is 1. The summed E-state index contributed by atoms with van der Waals surface area (Å²) in [6, 6.07) is 5.84. The normalized spacial score (nSPS) is 17.0. The van der Waals surface area contributed by atoms with Gasteiger partial charge in [0.25, 0.3) is 0 Å². The molecule has 0 saturated carbocycles. The number of carboxylic acid groups (broad SMARTS) is 1. The van der Waals surface area contributed by atoms with Crippen molar-refractivity contribution in [2.75, 3.05) is 26.2 Å². The Labute approximate surface area is 190 Å². The molecule has 12 nitrogen and oxygen atoms in total. The Hall–Kier alpha value is -3.51. The second-order valence-corrected chi connectivity index (χ2v) is 7.56. The molecule has 2 rings (SSSR count). The van der Waals surface area contributed by atoms with Crippen LogP contribution < -0.4 is 21.7 Å². The van der Waals surface area contributed by atoms with Gasteiger partial charge in [-0.25, -0.2) is 4.79 Å².